The second-order valence-electron chi connectivity index (χ2n) is 2.62. The molecule has 14 heavy (non-hydrogen) atoms. The van der Waals surface area contributed by atoms with E-state index in [0.29, 0.717) is 9.97 Å². The fourth-order valence-electron chi connectivity index (χ4n) is 1.04. The molecule has 1 amide bonds. The Morgan fingerprint density at radius 3 is 2.93 bits per heavy atom. The molecule has 5 nitrogen and oxygen atoms in total. The lowest BCUT2D eigenvalue weighted by Gasteiger charge is -2.19. The largest absolute Gasteiger partial charge is 0.434 e. The number of esters is 1. The molecular formula is C8H11NO4S. The highest BCUT2D eigenvalue weighted by molar-refractivity contribution is 8.03. The number of thioether (sulfide) groups is 1. The van der Waals surface area contributed by atoms with Gasteiger partial charge in [-0.3, -0.25) is 14.8 Å². The molecule has 1 rings (SSSR count). The van der Waals surface area contributed by atoms with Crippen LogP contribution in [0.2, 0.25) is 0 Å². The lowest BCUT2D eigenvalue weighted by molar-refractivity contribution is -0.199. The van der Waals surface area contributed by atoms with Crippen molar-refractivity contribution in [2.75, 3.05) is 5.75 Å². The maximum atomic E-state index is 11.0. The molecule has 0 radical (unpaired) electrons. The lowest BCUT2D eigenvalue weighted by Crippen LogP contribution is -2.35. The van der Waals surface area contributed by atoms with Gasteiger partial charge in [0.05, 0.1) is 4.91 Å². The van der Waals surface area contributed by atoms with Crippen molar-refractivity contribution < 1.29 is 19.5 Å². The van der Waals surface area contributed by atoms with Crippen molar-refractivity contribution >= 4 is 23.6 Å². The van der Waals surface area contributed by atoms with Gasteiger partial charge in [0, 0.05) is 13.0 Å². The smallest absolute Gasteiger partial charge is 0.304 e. The van der Waals surface area contributed by atoms with Gasteiger partial charge in [-0.15, -0.1) is 11.8 Å². The predicted molar refractivity (Wildman–Crippen MR) is 50.4 cm³/mol. The van der Waals surface area contributed by atoms with E-state index in [-0.39, 0.29) is 0 Å². The highest BCUT2D eigenvalue weighted by atomic mass is 32.2. The maximum absolute atomic E-state index is 11.0. The average Bonchev–Trinajstić information content (AvgIpc) is 2.33. The number of hydrogen-bond acceptors (Lipinski definition) is 5. The number of nitrogens with zero attached hydrogens (tertiary/aromatic N) is 1. The number of rotatable bonds is 3. The Labute approximate surface area is 85.7 Å². The van der Waals surface area contributed by atoms with Crippen molar-refractivity contribution in [2.45, 2.75) is 20.1 Å². The minimum Gasteiger partial charge on any atom is -0.434 e. The van der Waals surface area contributed by atoms with Crippen LogP contribution in [0.5, 0.6) is 0 Å². The highest BCUT2D eigenvalue weighted by Crippen LogP contribution is 2.28. The molecule has 0 bridgehead atoms. The zero-order valence-corrected chi connectivity index (χ0v) is 8.71. The van der Waals surface area contributed by atoms with Crippen LogP contribution in [-0.4, -0.2) is 34.1 Å². The Morgan fingerprint density at radius 1 is 1.79 bits per heavy atom. The van der Waals surface area contributed by atoms with Gasteiger partial charge in [-0.05, 0) is 5.75 Å². The van der Waals surface area contributed by atoms with Gasteiger partial charge < -0.3 is 4.74 Å². The van der Waals surface area contributed by atoms with Gasteiger partial charge in [0.2, 0.25) is 6.23 Å². The van der Waals surface area contributed by atoms with Crippen molar-refractivity contribution in [3.8, 4) is 0 Å². The Kier molecular flexibility index (Phi) is 3.54. The SMILES string of the molecule is CCSC1=CC(=O)N(O)C1OC(C)=O. The van der Waals surface area contributed by atoms with Crippen LogP contribution in [0, 0.1) is 0 Å². The highest BCUT2D eigenvalue weighted by Gasteiger charge is 2.34. The van der Waals surface area contributed by atoms with Crippen molar-refractivity contribution in [3.05, 3.63) is 11.0 Å². The Hall–Kier alpha value is -1.01. The molecule has 0 aromatic heterocycles. The molecule has 0 aromatic rings. The normalized spacial score (nSPS) is 21.1. The molecule has 0 saturated carbocycles. The summed E-state index contributed by atoms with van der Waals surface area (Å²) in [5.74, 6) is -0.358. The molecule has 1 aliphatic rings. The third-order valence-corrected chi connectivity index (χ3v) is 2.49. The summed E-state index contributed by atoms with van der Waals surface area (Å²) >= 11 is 1.36. The summed E-state index contributed by atoms with van der Waals surface area (Å²) < 4.78 is 4.79. The van der Waals surface area contributed by atoms with Gasteiger partial charge in [0.15, 0.2) is 0 Å². The molecule has 78 valence electrons. The van der Waals surface area contributed by atoms with Crippen LogP contribution in [0.3, 0.4) is 0 Å². The van der Waals surface area contributed by atoms with E-state index in [4.69, 9.17) is 4.74 Å². The first kappa shape index (κ1) is 11.1. The van der Waals surface area contributed by atoms with Gasteiger partial charge in [0.1, 0.15) is 0 Å². The van der Waals surface area contributed by atoms with E-state index in [0.717, 1.165) is 5.75 Å². The monoisotopic (exact) mass is 217 g/mol. The van der Waals surface area contributed by atoms with Crippen molar-refractivity contribution in [1.82, 2.24) is 5.06 Å². The summed E-state index contributed by atoms with van der Waals surface area (Å²) in [5, 5.41) is 9.66. The summed E-state index contributed by atoms with van der Waals surface area (Å²) in [4.78, 5) is 22.3. The zero-order valence-electron chi connectivity index (χ0n) is 7.89. The molecule has 1 aliphatic heterocycles. The number of carbonyl (C=O) groups is 2. The van der Waals surface area contributed by atoms with E-state index in [1.165, 1.54) is 24.8 Å². The third kappa shape index (κ3) is 2.27. The summed E-state index contributed by atoms with van der Waals surface area (Å²) in [6.45, 7) is 3.13. The lowest BCUT2D eigenvalue weighted by atomic mass is 10.5. The number of amides is 1. The molecular weight excluding hydrogens is 206 g/mol. The minimum atomic E-state index is -0.968. The molecule has 1 unspecified atom stereocenters. The predicted octanol–water partition coefficient (Wildman–Crippen LogP) is 0.744. The second-order valence-corrected chi connectivity index (χ2v) is 3.96. The van der Waals surface area contributed by atoms with E-state index in [1.54, 1.807) is 0 Å². The van der Waals surface area contributed by atoms with Crippen LogP contribution < -0.4 is 0 Å². The molecule has 0 saturated heterocycles. The molecule has 0 aliphatic carbocycles. The molecule has 1 N–H and O–H groups in total. The second kappa shape index (κ2) is 4.47. The van der Waals surface area contributed by atoms with Gasteiger partial charge in [-0.1, -0.05) is 6.92 Å². The van der Waals surface area contributed by atoms with E-state index >= 15 is 0 Å². The van der Waals surface area contributed by atoms with Crippen molar-refractivity contribution in [3.63, 3.8) is 0 Å². The first-order chi connectivity index (χ1) is 6.56. The molecule has 1 atom stereocenters. The fraction of sp³-hybridized carbons (Fsp3) is 0.500. The van der Waals surface area contributed by atoms with E-state index < -0.39 is 18.1 Å². The fourth-order valence-corrected chi connectivity index (χ4v) is 1.85. The number of carbonyl (C=O) groups excluding carboxylic acids is 2. The maximum Gasteiger partial charge on any atom is 0.304 e. The number of ether oxygens (including phenoxy) is 1. The van der Waals surface area contributed by atoms with Crippen molar-refractivity contribution in [1.29, 1.82) is 0 Å². The van der Waals surface area contributed by atoms with Crippen LogP contribution in [0.25, 0.3) is 0 Å². The van der Waals surface area contributed by atoms with E-state index in [9.17, 15) is 14.8 Å². The van der Waals surface area contributed by atoms with Gasteiger partial charge >= 0.3 is 5.97 Å². The summed E-state index contributed by atoms with van der Waals surface area (Å²) in [6, 6.07) is 0. The van der Waals surface area contributed by atoms with E-state index in [2.05, 4.69) is 0 Å². The molecule has 6 heteroatoms. The summed E-state index contributed by atoms with van der Waals surface area (Å²) in [5.41, 5.74) is 0. The summed E-state index contributed by atoms with van der Waals surface area (Å²) in [7, 11) is 0. The van der Waals surface area contributed by atoms with E-state index in [1.807, 2.05) is 6.92 Å². The quantitative estimate of drug-likeness (QED) is 0.558. The first-order valence-electron chi connectivity index (χ1n) is 4.10. The molecule has 0 fully saturated rings. The summed E-state index contributed by atoms with van der Waals surface area (Å²) in [6.07, 6.45) is 0.298. The van der Waals surface area contributed by atoms with Crippen LogP contribution in [0.15, 0.2) is 11.0 Å². The average molecular weight is 217 g/mol. The van der Waals surface area contributed by atoms with Crippen LogP contribution in [0.4, 0.5) is 0 Å². The van der Waals surface area contributed by atoms with Crippen molar-refractivity contribution in [2.24, 2.45) is 0 Å². The third-order valence-electron chi connectivity index (χ3n) is 1.55. The molecule has 0 spiro atoms. The Bertz CT molecular complexity index is 289. The van der Waals surface area contributed by atoms with Crippen LogP contribution in [0.1, 0.15) is 13.8 Å². The van der Waals surface area contributed by atoms with Gasteiger partial charge in [-0.25, -0.2) is 0 Å². The number of hydrogen-bond donors (Lipinski definition) is 1. The Morgan fingerprint density at radius 2 is 2.43 bits per heavy atom. The number of hydroxylamine groups is 2. The van der Waals surface area contributed by atoms with Crippen LogP contribution >= 0.6 is 11.8 Å². The first-order valence-corrected chi connectivity index (χ1v) is 5.08. The molecule has 1 heterocycles. The van der Waals surface area contributed by atoms with Gasteiger partial charge in [0.25, 0.3) is 5.91 Å². The van der Waals surface area contributed by atoms with Gasteiger partial charge in [-0.2, -0.15) is 5.06 Å². The topological polar surface area (TPSA) is 66.8 Å². The molecule has 0 aromatic carbocycles. The minimum absolute atomic E-state index is 0.416. The Balaban J connectivity index is 2.75. The van der Waals surface area contributed by atoms with Crippen LogP contribution in [-0.2, 0) is 14.3 Å². The standard InChI is InChI=1S/C8H11NO4S/c1-3-14-6-4-7(11)9(12)8(6)13-5(2)10/h4,8,12H,3H2,1-2H3. The zero-order chi connectivity index (χ0) is 10.7.